The molecule has 4 heteroatoms. The van der Waals surface area contributed by atoms with Crippen LogP contribution in [0.1, 0.15) is 39.0 Å². The summed E-state index contributed by atoms with van der Waals surface area (Å²) in [4.78, 5) is 0. The van der Waals surface area contributed by atoms with Crippen LogP contribution in [0, 0.1) is 5.41 Å². The summed E-state index contributed by atoms with van der Waals surface area (Å²) < 4.78 is 12.5. The third kappa shape index (κ3) is 2.68. The van der Waals surface area contributed by atoms with Gasteiger partial charge in [0, 0.05) is 22.5 Å². The van der Waals surface area contributed by atoms with E-state index in [9.17, 15) is 0 Å². The smallest absolute Gasteiger partial charge is 0.142 e. The second kappa shape index (κ2) is 6.17. The average molecular weight is 354 g/mol. The lowest BCUT2D eigenvalue weighted by Gasteiger charge is -2.54. The molecule has 2 aliphatic rings. The van der Waals surface area contributed by atoms with E-state index in [0.717, 1.165) is 28.9 Å². The summed E-state index contributed by atoms with van der Waals surface area (Å²) in [6, 6.07) is 6.63. The first-order valence-electron chi connectivity index (χ1n) is 7.91. The zero-order valence-corrected chi connectivity index (χ0v) is 14.4. The van der Waals surface area contributed by atoms with Gasteiger partial charge in [-0.15, -0.1) is 0 Å². The van der Waals surface area contributed by atoms with Crippen LogP contribution in [-0.4, -0.2) is 25.9 Å². The van der Waals surface area contributed by atoms with E-state index in [0.29, 0.717) is 17.6 Å². The maximum Gasteiger partial charge on any atom is 0.142 e. The van der Waals surface area contributed by atoms with Gasteiger partial charge in [0.05, 0.1) is 18.9 Å². The highest BCUT2D eigenvalue weighted by molar-refractivity contribution is 9.10. The van der Waals surface area contributed by atoms with Crippen LogP contribution in [0.25, 0.3) is 0 Å². The fourth-order valence-corrected chi connectivity index (χ4v) is 4.43. The molecule has 0 aromatic heterocycles. The molecule has 3 nitrogen and oxygen atoms in total. The monoisotopic (exact) mass is 353 g/mol. The molecular formula is C17H24BrNO2. The van der Waals surface area contributed by atoms with Crippen molar-refractivity contribution in [3.05, 3.63) is 22.7 Å². The minimum Gasteiger partial charge on any atom is -0.495 e. The SMILES string of the molecule is CCOC1CC(Nc2cc(Br)ccc2OC)C12CCCC2. The summed E-state index contributed by atoms with van der Waals surface area (Å²) in [5.74, 6) is 0.909. The lowest BCUT2D eigenvalue weighted by Crippen LogP contribution is -2.60. The number of halogens is 1. The Labute approximate surface area is 135 Å². The van der Waals surface area contributed by atoms with Gasteiger partial charge in [0.2, 0.25) is 0 Å². The number of benzene rings is 1. The number of rotatable bonds is 5. The van der Waals surface area contributed by atoms with Crippen molar-refractivity contribution >= 4 is 21.6 Å². The summed E-state index contributed by atoms with van der Waals surface area (Å²) in [5.41, 5.74) is 1.42. The summed E-state index contributed by atoms with van der Waals surface area (Å²) >= 11 is 3.55. The zero-order chi connectivity index (χ0) is 14.9. The van der Waals surface area contributed by atoms with Gasteiger partial charge >= 0.3 is 0 Å². The van der Waals surface area contributed by atoms with Gasteiger partial charge in [0.15, 0.2) is 0 Å². The molecule has 0 bridgehead atoms. The van der Waals surface area contributed by atoms with Gasteiger partial charge in [0.25, 0.3) is 0 Å². The predicted molar refractivity (Wildman–Crippen MR) is 89.0 cm³/mol. The molecule has 1 spiro atoms. The Hall–Kier alpha value is -0.740. The van der Waals surface area contributed by atoms with Crippen molar-refractivity contribution in [1.82, 2.24) is 0 Å². The number of hydrogen-bond acceptors (Lipinski definition) is 3. The van der Waals surface area contributed by atoms with Crippen molar-refractivity contribution in [3.63, 3.8) is 0 Å². The van der Waals surface area contributed by atoms with Crippen molar-refractivity contribution in [3.8, 4) is 5.75 Å². The van der Waals surface area contributed by atoms with Crippen LogP contribution < -0.4 is 10.1 Å². The highest BCUT2D eigenvalue weighted by Crippen LogP contribution is 2.56. The summed E-state index contributed by atoms with van der Waals surface area (Å²) in [5, 5.41) is 3.72. The Bertz CT molecular complexity index is 500. The van der Waals surface area contributed by atoms with E-state index in [1.54, 1.807) is 7.11 Å². The van der Waals surface area contributed by atoms with E-state index < -0.39 is 0 Å². The molecule has 1 aromatic carbocycles. The van der Waals surface area contributed by atoms with E-state index >= 15 is 0 Å². The standard InChI is InChI=1S/C17H24BrNO2/c1-3-21-16-11-15(17(16)8-4-5-9-17)19-13-10-12(18)6-7-14(13)20-2/h6-7,10,15-16,19H,3-5,8-9,11H2,1-2H3. The first-order valence-corrected chi connectivity index (χ1v) is 8.70. The van der Waals surface area contributed by atoms with Crippen molar-refractivity contribution < 1.29 is 9.47 Å². The Balaban J connectivity index is 1.78. The minimum absolute atomic E-state index is 0.337. The molecule has 2 fully saturated rings. The molecule has 0 amide bonds. The van der Waals surface area contributed by atoms with Crippen LogP contribution in [-0.2, 0) is 4.74 Å². The van der Waals surface area contributed by atoms with Crippen molar-refractivity contribution in [2.75, 3.05) is 19.0 Å². The highest BCUT2D eigenvalue weighted by Gasteiger charge is 2.56. The molecule has 0 heterocycles. The Morgan fingerprint density at radius 1 is 1.33 bits per heavy atom. The largest absolute Gasteiger partial charge is 0.495 e. The van der Waals surface area contributed by atoms with Gasteiger partial charge in [-0.25, -0.2) is 0 Å². The molecule has 0 radical (unpaired) electrons. The molecule has 1 aromatic rings. The molecule has 2 unspecified atom stereocenters. The quantitative estimate of drug-likeness (QED) is 0.838. The second-order valence-corrected chi connectivity index (χ2v) is 7.08. The molecule has 21 heavy (non-hydrogen) atoms. The lowest BCUT2D eigenvalue weighted by atomic mass is 9.60. The van der Waals surface area contributed by atoms with E-state index in [1.165, 1.54) is 25.7 Å². The molecule has 3 rings (SSSR count). The molecule has 0 saturated heterocycles. The van der Waals surface area contributed by atoms with Crippen LogP contribution in [0.5, 0.6) is 5.75 Å². The summed E-state index contributed by atoms with van der Waals surface area (Å²) in [7, 11) is 1.73. The zero-order valence-electron chi connectivity index (χ0n) is 12.8. The first-order chi connectivity index (χ1) is 10.2. The van der Waals surface area contributed by atoms with Gasteiger partial charge in [0.1, 0.15) is 5.75 Å². The van der Waals surface area contributed by atoms with E-state index in [1.807, 2.05) is 12.1 Å². The van der Waals surface area contributed by atoms with Crippen LogP contribution in [0.4, 0.5) is 5.69 Å². The molecule has 0 aliphatic heterocycles. The summed E-state index contributed by atoms with van der Waals surface area (Å²) in [6.45, 7) is 2.92. The molecule has 2 aliphatic carbocycles. The van der Waals surface area contributed by atoms with Crippen molar-refractivity contribution in [2.45, 2.75) is 51.2 Å². The number of ether oxygens (including phenoxy) is 2. The predicted octanol–water partition coefficient (Wildman–Crippen LogP) is 4.61. The van der Waals surface area contributed by atoms with Gasteiger partial charge in [-0.3, -0.25) is 0 Å². The van der Waals surface area contributed by atoms with Crippen LogP contribution in [0.2, 0.25) is 0 Å². The van der Waals surface area contributed by atoms with Gasteiger partial charge in [-0.2, -0.15) is 0 Å². The first kappa shape index (κ1) is 15.2. The lowest BCUT2D eigenvalue weighted by molar-refractivity contribution is -0.114. The third-order valence-electron chi connectivity index (χ3n) is 5.18. The van der Waals surface area contributed by atoms with E-state index in [2.05, 4.69) is 34.2 Å². The topological polar surface area (TPSA) is 30.5 Å². The molecule has 1 N–H and O–H groups in total. The number of nitrogens with one attached hydrogen (secondary N) is 1. The van der Waals surface area contributed by atoms with Gasteiger partial charge in [-0.05, 0) is 44.4 Å². The normalized spacial score (nSPS) is 26.6. The molecule has 116 valence electrons. The van der Waals surface area contributed by atoms with Crippen LogP contribution in [0.3, 0.4) is 0 Å². The molecular weight excluding hydrogens is 330 g/mol. The number of methoxy groups -OCH3 is 1. The number of anilines is 1. The third-order valence-corrected chi connectivity index (χ3v) is 5.67. The van der Waals surface area contributed by atoms with Crippen molar-refractivity contribution in [1.29, 1.82) is 0 Å². The Morgan fingerprint density at radius 3 is 2.76 bits per heavy atom. The average Bonchev–Trinajstić information content (AvgIpc) is 2.99. The molecule has 2 saturated carbocycles. The fraction of sp³-hybridized carbons (Fsp3) is 0.647. The van der Waals surface area contributed by atoms with Crippen molar-refractivity contribution in [2.24, 2.45) is 5.41 Å². The van der Waals surface area contributed by atoms with E-state index in [-0.39, 0.29) is 0 Å². The summed E-state index contributed by atoms with van der Waals surface area (Å²) in [6.07, 6.45) is 6.76. The molecule has 2 atom stereocenters. The van der Waals surface area contributed by atoms with E-state index in [4.69, 9.17) is 9.47 Å². The minimum atomic E-state index is 0.337. The highest BCUT2D eigenvalue weighted by atomic mass is 79.9. The maximum absolute atomic E-state index is 5.98. The second-order valence-electron chi connectivity index (χ2n) is 6.16. The Kier molecular flexibility index (Phi) is 4.46. The van der Waals surface area contributed by atoms with Gasteiger partial charge < -0.3 is 14.8 Å². The number of hydrogen-bond donors (Lipinski definition) is 1. The van der Waals surface area contributed by atoms with Crippen LogP contribution >= 0.6 is 15.9 Å². The Morgan fingerprint density at radius 2 is 2.10 bits per heavy atom. The van der Waals surface area contributed by atoms with Gasteiger partial charge in [-0.1, -0.05) is 28.8 Å². The van der Waals surface area contributed by atoms with Crippen LogP contribution in [0.15, 0.2) is 22.7 Å². The maximum atomic E-state index is 5.98. The fourth-order valence-electron chi connectivity index (χ4n) is 4.07.